The Balaban J connectivity index is 1.76. The van der Waals surface area contributed by atoms with Gasteiger partial charge in [-0.2, -0.15) is 0 Å². The van der Waals surface area contributed by atoms with Gasteiger partial charge in [0.15, 0.2) is 5.76 Å². The van der Waals surface area contributed by atoms with Gasteiger partial charge in [-0.25, -0.2) is 9.97 Å². The maximum Gasteiger partial charge on any atom is 0.269 e. The smallest absolute Gasteiger partial charge is 0.269 e. The predicted octanol–water partition coefficient (Wildman–Crippen LogP) is 2.93. The van der Waals surface area contributed by atoms with Crippen molar-refractivity contribution in [3.63, 3.8) is 0 Å². The van der Waals surface area contributed by atoms with E-state index < -0.39 is 0 Å². The maximum atomic E-state index is 12.1. The molecule has 0 aliphatic rings. The van der Waals surface area contributed by atoms with Crippen LogP contribution in [0.15, 0.2) is 41.2 Å². The van der Waals surface area contributed by atoms with Crippen LogP contribution in [0.4, 0.5) is 0 Å². The van der Waals surface area contributed by atoms with E-state index in [9.17, 15) is 4.79 Å². The zero-order chi connectivity index (χ0) is 18.5. The quantitative estimate of drug-likeness (QED) is 0.734. The van der Waals surface area contributed by atoms with E-state index in [1.54, 1.807) is 30.6 Å². The molecule has 3 aromatic heterocycles. The maximum absolute atomic E-state index is 12.1. The average molecular weight is 351 g/mol. The van der Waals surface area contributed by atoms with Crippen molar-refractivity contribution >= 4 is 5.91 Å². The number of carbonyl (C=O) groups is 1. The number of pyridine rings is 1. The molecule has 7 heteroatoms. The standard InChI is InChI=1S/C19H21N5O2/c1-12(2)18-22-11-14(17-10-13(3)24-26-17)15(23-18)7-9-21-19(25)16-6-4-5-8-20-16/h4-6,8,10-12H,7,9H2,1-3H3,(H,21,25). The third kappa shape index (κ3) is 4.11. The average Bonchev–Trinajstić information content (AvgIpc) is 3.08. The normalized spacial score (nSPS) is 10.9. The molecule has 7 nitrogen and oxygen atoms in total. The van der Waals surface area contributed by atoms with Crippen LogP contribution in [0.1, 0.15) is 47.5 Å². The van der Waals surface area contributed by atoms with E-state index in [-0.39, 0.29) is 11.8 Å². The summed E-state index contributed by atoms with van der Waals surface area (Å²) >= 11 is 0. The van der Waals surface area contributed by atoms with Crippen molar-refractivity contribution in [2.24, 2.45) is 0 Å². The number of amides is 1. The fourth-order valence-electron chi connectivity index (χ4n) is 2.48. The van der Waals surface area contributed by atoms with Crippen molar-refractivity contribution in [1.29, 1.82) is 0 Å². The summed E-state index contributed by atoms with van der Waals surface area (Å²) < 4.78 is 5.36. The Kier molecular flexibility index (Phi) is 5.36. The number of aryl methyl sites for hydroxylation is 1. The van der Waals surface area contributed by atoms with Crippen molar-refractivity contribution in [2.45, 2.75) is 33.1 Å². The van der Waals surface area contributed by atoms with Gasteiger partial charge in [-0.15, -0.1) is 0 Å². The number of aromatic nitrogens is 4. The SMILES string of the molecule is Cc1cc(-c2cnc(C(C)C)nc2CCNC(=O)c2ccccn2)on1. The van der Waals surface area contributed by atoms with Gasteiger partial charge < -0.3 is 9.84 Å². The molecule has 0 fully saturated rings. The number of nitrogens with one attached hydrogen (secondary N) is 1. The minimum absolute atomic E-state index is 0.208. The largest absolute Gasteiger partial charge is 0.356 e. The lowest BCUT2D eigenvalue weighted by molar-refractivity contribution is 0.0949. The third-order valence-corrected chi connectivity index (χ3v) is 3.84. The van der Waals surface area contributed by atoms with Crippen molar-refractivity contribution < 1.29 is 9.32 Å². The Labute approximate surface area is 151 Å². The number of rotatable bonds is 6. The van der Waals surface area contributed by atoms with Crippen LogP contribution in [0.5, 0.6) is 0 Å². The van der Waals surface area contributed by atoms with Crippen molar-refractivity contribution in [3.05, 3.63) is 59.6 Å². The molecule has 0 saturated heterocycles. The monoisotopic (exact) mass is 351 g/mol. The first kappa shape index (κ1) is 17.7. The molecule has 0 radical (unpaired) electrons. The van der Waals surface area contributed by atoms with E-state index in [1.807, 2.05) is 26.8 Å². The molecule has 0 bridgehead atoms. The molecule has 0 atom stereocenters. The molecule has 1 amide bonds. The van der Waals surface area contributed by atoms with Gasteiger partial charge in [0, 0.05) is 37.3 Å². The molecular formula is C19H21N5O2. The van der Waals surface area contributed by atoms with Gasteiger partial charge >= 0.3 is 0 Å². The Hall–Kier alpha value is -3.09. The van der Waals surface area contributed by atoms with Crippen molar-refractivity contribution in [3.8, 4) is 11.3 Å². The number of nitrogens with zero attached hydrogens (tertiary/aromatic N) is 4. The van der Waals surface area contributed by atoms with E-state index >= 15 is 0 Å². The first-order valence-corrected chi connectivity index (χ1v) is 8.53. The summed E-state index contributed by atoms with van der Waals surface area (Å²) in [5, 5.41) is 6.80. The third-order valence-electron chi connectivity index (χ3n) is 3.84. The second-order valence-corrected chi connectivity index (χ2v) is 6.30. The number of hydrogen-bond acceptors (Lipinski definition) is 6. The summed E-state index contributed by atoms with van der Waals surface area (Å²) in [6.07, 6.45) is 3.91. The van der Waals surface area contributed by atoms with Gasteiger partial charge in [-0.05, 0) is 19.1 Å². The molecule has 0 saturated carbocycles. The van der Waals surface area contributed by atoms with E-state index in [0.717, 1.165) is 22.8 Å². The molecule has 26 heavy (non-hydrogen) atoms. The minimum Gasteiger partial charge on any atom is -0.356 e. The number of carbonyl (C=O) groups excluding carboxylic acids is 1. The Morgan fingerprint density at radius 1 is 1.27 bits per heavy atom. The highest BCUT2D eigenvalue weighted by Crippen LogP contribution is 2.24. The number of hydrogen-bond donors (Lipinski definition) is 1. The highest BCUT2D eigenvalue weighted by Gasteiger charge is 2.15. The van der Waals surface area contributed by atoms with Crippen LogP contribution in [0, 0.1) is 6.92 Å². The van der Waals surface area contributed by atoms with Crippen molar-refractivity contribution in [1.82, 2.24) is 25.4 Å². The van der Waals surface area contributed by atoms with Gasteiger partial charge in [0.05, 0.1) is 17.0 Å². The topological polar surface area (TPSA) is 93.8 Å². The second kappa shape index (κ2) is 7.86. The van der Waals surface area contributed by atoms with E-state index in [0.29, 0.717) is 24.4 Å². The molecule has 0 aliphatic carbocycles. The lowest BCUT2D eigenvalue weighted by Gasteiger charge is -2.11. The molecule has 0 aromatic carbocycles. The van der Waals surface area contributed by atoms with Crippen LogP contribution in [-0.4, -0.2) is 32.6 Å². The molecule has 1 N–H and O–H groups in total. The second-order valence-electron chi connectivity index (χ2n) is 6.30. The van der Waals surface area contributed by atoms with E-state index in [1.165, 1.54) is 0 Å². The molecule has 3 rings (SSSR count). The highest BCUT2D eigenvalue weighted by molar-refractivity contribution is 5.92. The zero-order valence-corrected chi connectivity index (χ0v) is 15.1. The van der Waals surface area contributed by atoms with Crippen LogP contribution >= 0.6 is 0 Å². The van der Waals surface area contributed by atoms with Gasteiger partial charge in [-0.3, -0.25) is 9.78 Å². The Morgan fingerprint density at radius 3 is 2.77 bits per heavy atom. The molecule has 134 valence electrons. The highest BCUT2D eigenvalue weighted by atomic mass is 16.5. The molecule has 0 aliphatic heterocycles. The first-order valence-electron chi connectivity index (χ1n) is 8.53. The van der Waals surface area contributed by atoms with Crippen molar-refractivity contribution in [2.75, 3.05) is 6.54 Å². The van der Waals surface area contributed by atoms with Crippen LogP contribution in [-0.2, 0) is 6.42 Å². The van der Waals surface area contributed by atoms with E-state index in [2.05, 4.69) is 25.4 Å². The summed E-state index contributed by atoms with van der Waals surface area (Å²) in [5.74, 6) is 1.39. The van der Waals surface area contributed by atoms with Crippen LogP contribution in [0.2, 0.25) is 0 Å². The summed E-state index contributed by atoms with van der Waals surface area (Å²) in [6.45, 7) is 6.38. The molecular weight excluding hydrogens is 330 g/mol. The zero-order valence-electron chi connectivity index (χ0n) is 15.1. The summed E-state index contributed by atoms with van der Waals surface area (Å²) in [5.41, 5.74) is 2.80. The van der Waals surface area contributed by atoms with Crippen LogP contribution < -0.4 is 5.32 Å². The molecule has 0 spiro atoms. The van der Waals surface area contributed by atoms with Gasteiger partial charge in [0.2, 0.25) is 0 Å². The Bertz CT molecular complexity index is 890. The summed E-state index contributed by atoms with van der Waals surface area (Å²) in [7, 11) is 0. The summed E-state index contributed by atoms with van der Waals surface area (Å²) in [4.78, 5) is 25.3. The summed E-state index contributed by atoms with van der Waals surface area (Å²) in [6, 6.07) is 7.09. The molecule has 3 heterocycles. The Morgan fingerprint density at radius 2 is 2.12 bits per heavy atom. The van der Waals surface area contributed by atoms with Gasteiger partial charge in [0.25, 0.3) is 5.91 Å². The van der Waals surface area contributed by atoms with Crippen LogP contribution in [0.3, 0.4) is 0 Å². The first-order chi connectivity index (χ1) is 12.5. The lowest BCUT2D eigenvalue weighted by atomic mass is 10.1. The molecule has 3 aromatic rings. The predicted molar refractivity (Wildman–Crippen MR) is 96.6 cm³/mol. The molecule has 0 unspecified atom stereocenters. The lowest BCUT2D eigenvalue weighted by Crippen LogP contribution is -2.27. The fourth-order valence-corrected chi connectivity index (χ4v) is 2.48. The van der Waals surface area contributed by atoms with Gasteiger partial charge in [0.1, 0.15) is 11.5 Å². The fraction of sp³-hybridized carbons (Fsp3) is 0.316. The van der Waals surface area contributed by atoms with E-state index in [4.69, 9.17) is 4.52 Å². The minimum atomic E-state index is -0.208. The van der Waals surface area contributed by atoms with Crippen LogP contribution in [0.25, 0.3) is 11.3 Å². The van der Waals surface area contributed by atoms with Gasteiger partial charge in [-0.1, -0.05) is 25.1 Å².